The number of methoxy groups -OCH3 is 1. The fraction of sp³-hybridized carbons (Fsp3) is 0.381. The van der Waals surface area contributed by atoms with E-state index in [-0.39, 0.29) is 11.9 Å². The molecule has 3 aromatic rings. The zero-order valence-electron chi connectivity index (χ0n) is 17.8. The third kappa shape index (κ3) is 4.57. The monoisotopic (exact) mass is 456 g/mol. The lowest BCUT2D eigenvalue weighted by Gasteiger charge is -2.30. The summed E-state index contributed by atoms with van der Waals surface area (Å²) < 4.78 is 6.46. The van der Waals surface area contributed by atoms with Crippen LogP contribution < -0.4 is 20.3 Å². The number of hydrogen-bond acceptors (Lipinski definition) is 8. The number of aromatic nitrogens is 3. The Morgan fingerprint density at radius 3 is 2.59 bits per heavy atom. The summed E-state index contributed by atoms with van der Waals surface area (Å²) in [5, 5.41) is 15.1. The summed E-state index contributed by atoms with van der Waals surface area (Å²) in [5.41, 5.74) is 2.31. The van der Waals surface area contributed by atoms with Gasteiger partial charge in [-0.25, -0.2) is 19.7 Å². The second-order valence-electron chi connectivity index (χ2n) is 7.39. The molecular formula is C21H24N6O4S. The molecule has 3 N–H and O–H groups in total. The van der Waals surface area contributed by atoms with Gasteiger partial charge < -0.3 is 20.1 Å². The van der Waals surface area contributed by atoms with E-state index in [1.807, 2.05) is 24.0 Å². The molecule has 0 saturated carbocycles. The van der Waals surface area contributed by atoms with E-state index in [1.54, 1.807) is 19.5 Å². The van der Waals surface area contributed by atoms with Crippen LogP contribution in [-0.4, -0.2) is 58.8 Å². The highest BCUT2D eigenvalue weighted by molar-refractivity contribution is 7.22. The number of amides is 2. The van der Waals surface area contributed by atoms with Gasteiger partial charge in [-0.05, 0) is 25.8 Å². The van der Waals surface area contributed by atoms with Crippen LogP contribution in [0.2, 0.25) is 0 Å². The first-order chi connectivity index (χ1) is 15.5. The molecule has 0 radical (unpaired) electrons. The van der Waals surface area contributed by atoms with E-state index in [0.717, 1.165) is 21.3 Å². The molecule has 1 fully saturated rings. The topological polar surface area (TPSA) is 130 Å². The van der Waals surface area contributed by atoms with E-state index in [1.165, 1.54) is 11.3 Å². The summed E-state index contributed by atoms with van der Waals surface area (Å²) in [7, 11) is 1.60. The van der Waals surface area contributed by atoms with Gasteiger partial charge in [-0.2, -0.15) is 0 Å². The van der Waals surface area contributed by atoms with Crippen molar-refractivity contribution in [3.63, 3.8) is 0 Å². The highest BCUT2D eigenvalue weighted by atomic mass is 32.1. The Bertz CT molecular complexity index is 1130. The van der Waals surface area contributed by atoms with E-state index in [4.69, 9.17) is 9.84 Å². The standard InChI is InChI=1S/C21H24N6O4S/c1-3-22-20(30)26-21-25-15-8-14(16(31-2)9-17(15)32-21)13-10-23-19(24-11-13)27-6-4-12(5-7-27)18(28)29/h8-12H,3-7H2,1-2H3,(H,28,29)(H2,22,25,26,30). The highest BCUT2D eigenvalue weighted by Gasteiger charge is 2.25. The molecule has 0 aliphatic carbocycles. The smallest absolute Gasteiger partial charge is 0.321 e. The minimum Gasteiger partial charge on any atom is -0.496 e. The molecule has 0 atom stereocenters. The molecule has 1 aliphatic heterocycles. The molecule has 0 bridgehead atoms. The second-order valence-corrected chi connectivity index (χ2v) is 8.43. The van der Waals surface area contributed by atoms with Crippen molar-refractivity contribution in [1.82, 2.24) is 20.3 Å². The van der Waals surface area contributed by atoms with Crippen LogP contribution in [-0.2, 0) is 4.79 Å². The lowest BCUT2D eigenvalue weighted by molar-refractivity contribution is -0.142. The van der Waals surface area contributed by atoms with Crippen molar-refractivity contribution in [3.8, 4) is 16.9 Å². The highest BCUT2D eigenvalue weighted by Crippen LogP contribution is 2.37. The second kappa shape index (κ2) is 9.35. The number of anilines is 2. The van der Waals surface area contributed by atoms with Crippen molar-refractivity contribution in [1.29, 1.82) is 0 Å². The SMILES string of the molecule is CCNC(=O)Nc1nc2cc(-c3cnc(N4CCC(C(=O)O)CC4)nc3)c(OC)cc2s1. The summed E-state index contributed by atoms with van der Waals surface area (Å²) in [6.07, 6.45) is 4.63. The predicted molar refractivity (Wildman–Crippen MR) is 122 cm³/mol. The number of thiazole rings is 1. The van der Waals surface area contributed by atoms with Gasteiger partial charge in [-0.3, -0.25) is 10.1 Å². The van der Waals surface area contributed by atoms with Crippen LogP contribution in [0.4, 0.5) is 15.9 Å². The van der Waals surface area contributed by atoms with Crippen LogP contribution in [0.15, 0.2) is 24.5 Å². The van der Waals surface area contributed by atoms with E-state index >= 15 is 0 Å². The summed E-state index contributed by atoms with van der Waals surface area (Å²) in [5.74, 6) is 0.200. The first-order valence-electron chi connectivity index (χ1n) is 10.3. The number of urea groups is 1. The molecule has 32 heavy (non-hydrogen) atoms. The van der Waals surface area contributed by atoms with E-state index in [2.05, 4.69) is 25.6 Å². The van der Waals surface area contributed by atoms with Gasteiger partial charge in [0.15, 0.2) is 5.13 Å². The summed E-state index contributed by atoms with van der Waals surface area (Å²) in [4.78, 5) is 38.4. The number of carbonyl (C=O) groups excluding carboxylic acids is 1. The normalized spacial score (nSPS) is 14.4. The van der Waals surface area contributed by atoms with Crippen molar-refractivity contribution in [2.75, 3.05) is 37.0 Å². The Morgan fingerprint density at radius 2 is 1.97 bits per heavy atom. The molecule has 2 aromatic heterocycles. The quantitative estimate of drug-likeness (QED) is 0.516. The van der Waals surface area contributed by atoms with Crippen LogP contribution in [0.3, 0.4) is 0 Å². The molecular weight excluding hydrogens is 432 g/mol. The maximum atomic E-state index is 11.8. The van der Waals surface area contributed by atoms with Crippen molar-refractivity contribution >= 4 is 44.6 Å². The third-order valence-electron chi connectivity index (χ3n) is 5.34. The number of carbonyl (C=O) groups is 2. The molecule has 1 aromatic carbocycles. The zero-order chi connectivity index (χ0) is 22.7. The molecule has 4 rings (SSSR count). The van der Waals surface area contributed by atoms with Gasteiger partial charge in [0.25, 0.3) is 0 Å². The molecule has 2 amide bonds. The average Bonchev–Trinajstić information content (AvgIpc) is 3.19. The largest absolute Gasteiger partial charge is 0.496 e. The number of benzene rings is 1. The Labute approximate surface area is 188 Å². The third-order valence-corrected chi connectivity index (χ3v) is 6.28. The summed E-state index contributed by atoms with van der Waals surface area (Å²) in [6, 6.07) is 3.48. The number of carboxylic acids is 1. The Morgan fingerprint density at radius 1 is 1.25 bits per heavy atom. The number of ether oxygens (including phenoxy) is 1. The fourth-order valence-electron chi connectivity index (χ4n) is 3.66. The molecule has 0 spiro atoms. The van der Waals surface area contributed by atoms with Crippen molar-refractivity contribution in [2.45, 2.75) is 19.8 Å². The number of carboxylic acid groups (broad SMARTS) is 1. The summed E-state index contributed by atoms with van der Waals surface area (Å²) >= 11 is 1.37. The number of nitrogens with zero attached hydrogens (tertiary/aromatic N) is 4. The van der Waals surface area contributed by atoms with Crippen molar-refractivity contribution in [2.24, 2.45) is 5.92 Å². The maximum absolute atomic E-state index is 11.8. The number of rotatable bonds is 6. The minimum atomic E-state index is -0.741. The van der Waals surface area contributed by atoms with Crippen LogP contribution in [0.25, 0.3) is 21.3 Å². The maximum Gasteiger partial charge on any atom is 0.321 e. The number of aliphatic carboxylic acids is 1. The molecule has 3 heterocycles. The Kier molecular flexibility index (Phi) is 6.35. The molecule has 1 saturated heterocycles. The minimum absolute atomic E-state index is 0.296. The lowest BCUT2D eigenvalue weighted by atomic mass is 9.97. The van der Waals surface area contributed by atoms with E-state index in [0.29, 0.717) is 49.3 Å². The first kappa shape index (κ1) is 21.8. The predicted octanol–water partition coefficient (Wildman–Crippen LogP) is 3.20. The number of fused-ring (bicyclic) bond motifs is 1. The molecule has 11 heteroatoms. The van der Waals surface area contributed by atoms with Gasteiger partial charge in [-0.1, -0.05) is 11.3 Å². The van der Waals surface area contributed by atoms with Gasteiger partial charge in [0.1, 0.15) is 5.75 Å². The number of piperidine rings is 1. The summed E-state index contributed by atoms with van der Waals surface area (Å²) in [6.45, 7) is 3.61. The van der Waals surface area contributed by atoms with Gasteiger partial charge in [0, 0.05) is 49.2 Å². The van der Waals surface area contributed by atoms with Crippen LogP contribution >= 0.6 is 11.3 Å². The first-order valence-corrected chi connectivity index (χ1v) is 11.1. The van der Waals surface area contributed by atoms with Crippen LogP contribution in [0.5, 0.6) is 5.75 Å². The molecule has 0 unspecified atom stereocenters. The molecule has 10 nitrogen and oxygen atoms in total. The number of nitrogens with one attached hydrogen (secondary N) is 2. The van der Waals surface area contributed by atoms with Gasteiger partial charge >= 0.3 is 12.0 Å². The molecule has 1 aliphatic rings. The van der Waals surface area contributed by atoms with Crippen molar-refractivity contribution in [3.05, 3.63) is 24.5 Å². The zero-order valence-corrected chi connectivity index (χ0v) is 18.6. The van der Waals surface area contributed by atoms with Crippen LogP contribution in [0, 0.1) is 5.92 Å². The van der Waals surface area contributed by atoms with E-state index in [9.17, 15) is 9.59 Å². The number of hydrogen-bond donors (Lipinski definition) is 3. The Balaban J connectivity index is 1.55. The van der Waals surface area contributed by atoms with Crippen LogP contribution in [0.1, 0.15) is 19.8 Å². The van der Waals surface area contributed by atoms with E-state index < -0.39 is 5.97 Å². The Hall–Kier alpha value is -3.47. The lowest BCUT2D eigenvalue weighted by Crippen LogP contribution is -2.37. The fourth-order valence-corrected chi connectivity index (χ4v) is 4.53. The van der Waals surface area contributed by atoms with Crippen molar-refractivity contribution < 1.29 is 19.4 Å². The van der Waals surface area contributed by atoms with Gasteiger partial charge in [-0.15, -0.1) is 0 Å². The molecule has 168 valence electrons. The van der Waals surface area contributed by atoms with Gasteiger partial charge in [0.05, 0.1) is 23.2 Å². The van der Waals surface area contributed by atoms with Gasteiger partial charge in [0.2, 0.25) is 5.95 Å². The average molecular weight is 457 g/mol.